The molecule has 1 amide bonds. The minimum absolute atomic E-state index is 0.222. The van der Waals surface area contributed by atoms with E-state index >= 15 is 0 Å². The Hall–Kier alpha value is -1.31. The molecule has 1 aromatic carbocycles. The first kappa shape index (κ1) is 9.25. The fourth-order valence-corrected chi connectivity index (χ4v) is 2.23. The molecule has 1 heterocycles. The van der Waals surface area contributed by atoms with Crippen molar-refractivity contribution < 1.29 is 4.79 Å². The highest BCUT2D eigenvalue weighted by molar-refractivity contribution is 5.51. The van der Waals surface area contributed by atoms with Crippen LogP contribution in [0.15, 0.2) is 24.3 Å². The van der Waals surface area contributed by atoms with Gasteiger partial charge in [0, 0.05) is 6.54 Å². The molecule has 74 valence electrons. The van der Waals surface area contributed by atoms with Gasteiger partial charge in [-0.05, 0) is 24.0 Å². The zero-order valence-corrected chi connectivity index (χ0v) is 8.60. The number of benzene rings is 1. The fraction of sp³-hybridized carbons (Fsp3) is 0.417. The molecule has 0 saturated heterocycles. The molecule has 1 aliphatic rings. The van der Waals surface area contributed by atoms with Gasteiger partial charge in [0.05, 0.1) is 6.04 Å². The number of rotatable bonds is 1. The lowest BCUT2D eigenvalue weighted by Gasteiger charge is -2.36. The van der Waals surface area contributed by atoms with Crippen molar-refractivity contribution in [3.8, 4) is 0 Å². The fourth-order valence-electron chi connectivity index (χ4n) is 2.23. The van der Waals surface area contributed by atoms with E-state index < -0.39 is 0 Å². The topological polar surface area (TPSA) is 20.3 Å². The number of hydrogen-bond donors (Lipinski definition) is 0. The van der Waals surface area contributed by atoms with Crippen LogP contribution in [-0.2, 0) is 4.79 Å². The third kappa shape index (κ3) is 1.31. The van der Waals surface area contributed by atoms with E-state index in [0.29, 0.717) is 5.92 Å². The Morgan fingerprint density at radius 2 is 1.93 bits per heavy atom. The van der Waals surface area contributed by atoms with E-state index in [1.165, 1.54) is 11.1 Å². The number of carbonyl (C=O) groups excluding carboxylic acids is 1. The van der Waals surface area contributed by atoms with Crippen molar-refractivity contribution in [3.63, 3.8) is 0 Å². The Labute approximate surface area is 84.5 Å². The predicted molar refractivity (Wildman–Crippen MR) is 56.0 cm³/mol. The summed E-state index contributed by atoms with van der Waals surface area (Å²) in [5.74, 6) is 0.451. The van der Waals surface area contributed by atoms with Gasteiger partial charge in [-0.15, -0.1) is 0 Å². The summed E-state index contributed by atoms with van der Waals surface area (Å²) in [6.07, 6.45) is 0.955. The van der Waals surface area contributed by atoms with E-state index in [-0.39, 0.29) is 6.04 Å². The van der Waals surface area contributed by atoms with E-state index in [4.69, 9.17) is 0 Å². The SMILES string of the molecule is CC1CN(C=O)C(C)c2ccccc21. The minimum Gasteiger partial charge on any atom is -0.338 e. The van der Waals surface area contributed by atoms with Crippen LogP contribution in [0.1, 0.15) is 36.9 Å². The summed E-state index contributed by atoms with van der Waals surface area (Å²) < 4.78 is 0. The molecule has 0 saturated carbocycles. The van der Waals surface area contributed by atoms with Gasteiger partial charge in [-0.25, -0.2) is 0 Å². The van der Waals surface area contributed by atoms with Crippen LogP contribution < -0.4 is 0 Å². The van der Waals surface area contributed by atoms with Crippen LogP contribution in [0.3, 0.4) is 0 Å². The maximum Gasteiger partial charge on any atom is 0.210 e. The Morgan fingerprint density at radius 1 is 1.29 bits per heavy atom. The third-order valence-corrected chi connectivity index (χ3v) is 3.09. The standard InChI is InChI=1S/C12H15NO/c1-9-7-13(8-14)10(2)12-6-4-3-5-11(9)12/h3-6,8-10H,7H2,1-2H3. The van der Waals surface area contributed by atoms with Crippen molar-refractivity contribution >= 4 is 6.41 Å². The Bertz CT molecular complexity index is 348. The highest BCUT2D eigenvalue weighted by atomic mass is 16.1. The number of carbonyl (C=O) groups is 1. The molecule has 14 heavy (non-hydrogen) atoms. The molecule has 2 unspecified atom stereocenters. The normalized spacial score (nSPS) is 25.7. The molecule has 0 fully saturated rings. The van der Waals surface area contributed by atoms with Crippen LogP contribution in [0.5, 0.6) is 0 Å². The van der Waals surface area contributed by atoms with Crippen LogP contribution >= 0.6 is 0 Å². The summed E-state index contributed by atoms with van der Waals surface area (Å²) in [5, 5.41) is 0. The first-order chi connectivity index (χ1) is 6.74. The Kier molecular flexibility index (Phi) is 2.28. The molecule has 0 aromatic heterocycles. The molecule has 2 heteroatoms. The van der Waals surface area contributed by atoms with Crippen molar-refractivity contribution in [2.24, 2.45) is 0 Å². The van der Waals surface area contributed by atoms with E-state index in [1.807, 2.05) is 11.0 Å². The van der Waals surface area contributed by atoms with Gasteiger partial charge in [0.15, 0.2) is 0 Å². The van der Waals surface area contributed by atoms with E-state index in [9.17, 15) is 4.79 Å². The zero-order valence-electron chi connectivity index (χ0n) is 8.60. The summed E-state index contributed by atoms with van der Waals surface area (Å²) in [7, 11) is 0. The second-order valence-corrected chi connectivity index (χ2v) is 4.01. The van der Waals surface area contributed by atoms with E-state index in [2.05, 4.69) is 32.0 Å². The highest BCUT2D eigenvalue weighted by Crippen LogP contribution is 2.34. The zero-order chi connectivity index (χ0) is 10.1. The molecule has 0 spiro atoms. The first-order valence-electron chi connectivity index (χ1n) is 5.04. The van der Waals surface area contributed by atoms with Crippen molar-refractivity contribution in [1.29, 1.82) is 0 Å². The summed E-state index contributed by atoms with van der Waals surface area (Å²) in [4.78, 5) is 12.7. The van der Waals surface area contributed by atoms with Crippen LogP contribution in [0.25, 0.3) is 0 Å². The maximum absolute atomic E-state index is 10.9. The van der Waals surface area contributed by atoms with Crippen LogP contribution in [-0.4, -0.2) is 17.9 Å². The molecular formula is C12H15NO. The second kappa shape index (κ2) is 3.45. The molecule has 2 atom stereocenters. The molecule has 0 aliphatic carbocycles. The second-order valence-electron chi connectivity index (χ2n) is 4.01. The summed E-state index contributed by atoms with van der Waals surface area (Å²) in [6, 6.07) is 8.61. The van der Waals surface area contributed by atoms with Gasteiger partial charge in [-0.1, -0.05) is 31.2 Å². The first-order valence-corrected chi connectivity index (χ1v) is 5.04. The monoisotopic (exact) mass is 189 g/mol. The highest BCUT2D eigenvalue weighted by Gasteiger charge is 2.26. The minimum atomic E-state index is 0.222. The van der Waals surface area contributed by atoms with Gasteiger partial charge < -0.3 is 4.90 Å². The molecule has 2 nitrogen and oxygen atoms in total. The average molecular weight is 189 g/mol. The summed E-state index contributed by atoms with van der Waals surface area (Å²) in [6.45, 7) is 5.09. The van der Waals surface area contributed by atoms with Gasteiger partial charge in [-0.2, -0.15) is 0 Å². The predicted octanol–water partition coefficient (Wildman–Crippen LogP) is 2.32. The van der Waals surface area contributed by atoms with Gasteiger partial charge in [0.2, 0.25) is 6.41 Å². The molecule has 1 aliphatic heterocycles. The van der Waals surface area contributed by atoms with E-state index in [1.54, 1.807) is 0 Å². The van der Waals surface area contributed by atoms with Gasteiger partial charge in [-0.3, -0.25) is 4.79 Å². The maximum atomic E-state index is 10.9. The van der Waals surface area contributed by atoms with Crippen LogP contribution in [0.2, 0.25) is 0 Å². The molecule has 0 N–H and O–H groups in total. The van der Waals surface area contributed by atoms with Crippen molar-refractivity contribution in [2.45, 2.75) is 25.8 Å². The Balaban J connectivity index is 2.45. The molecule has 2 rings (SSSR count). The quantitative estimate of drug-likeness (QED) is 0.621. The number of fused-ring (bicyclic) bond motifs is 1. The third-order valence-electron chi connectivity index (χ3n) is 3.09. The molecule has 0 radical (unpaired) electrons. The number of amides is 1. The van der Waals surface area contributed by atoms with Gasteiger partial charge >= 0.3 is 0 Å². The summed E-state index contributed by atoms with van der Waals surface area (Å²) in [5.41, 5.74) is 2.68. The summed E-state index contributed by atoms with van der Waals surface area (Å²) >= 11 is 0. The van der Waals surface area contributed by atoms with Crippen molar-refractivity contribution in [2.75, 3.05) is 6.54 Å². The van der Waals surface area contributed by atoms with Crippen LogP contribution in [0, 0.1) is 0 Å². The lowest BCUT2D eigenvalue weighted by atomic mass is 9.87. The lowest BCUT2D eigenvalue weighted by Crippen LogP contribution is -2.34. The van der Waals surface area contributed by atoms with E-state index in [0.717, 1.165) is 13.0 Å². The molecule has 0 bridgehead atoms. The van der Waals surface area contributed by atoms with Gasteiger partial charge in [0.25, 0.3) is 0 Å². The smallest absolute Gasteiger partial charge is 0.210 e. The van der Waals surface area contributed by atoms with Crippen molar-refractivity contribution in [1.82, 2.24) is 4.90 Å². The number of hydrogen-bond acceptors (Lipinski definition) is 1. The molecule has 1 aromatic rings. The Morgan fingerprint density at radius 3 is 2.57 bits per heavy atom. The largest absolute Gasteiger partial charge is 0.338 e. The van der Waals surface area contributed by atoms with Gasteiger partial charge in [0.1, 0.15) is 0 Å². The molecular weight excluding hydrogens is 174 g/mol. The van der Waals surface area contributed by atoms with Crippen LogP contribution in [0.4, 0.5) is 0 Å². The average Bonchev–Trinajstić information content (AvgIpc) is 2.23. The van der Waals surface area contributed by atoms with Crippen molar-refractivity contribution in [3.05, 3.63) is 35.4 Å². The number of nitrogens with zero attached hydrogens (tertiary/aromatic N) is 1. The lowest BCUT2D eigenvalue weighted by molar-refractivity contribution is -0.120.